The Morgan fingerprint density at radius 2 is 0.823 bits per heavy atom. The second-order valence-electron chi connectivity index (χ2n) is 15.7. The number of hydrogen-bond donors (Lipinski definition) is 1. The number of fused-ring (bicyclic) bond motifs is 8. The molecule has 11 aromatic rings. The largest absolute Gasteiger partial charge is 0.354 e. The monoisotopic (exact) mass is 791 g/mol. The quantitative estimate of drug-likeness (QED) is 0.182. The van der Waals surface area contributed by atoms with Gasteiger partial charge in [-0.05, 0) is 76.3 Å². The zero-order valence-corrected chi connectivity index (χ0v) is 33.6. The second-order valence-corrected chi connectivity index (χ2v) is 15.7. The predicted octanol–water partition coefficient (Wildman–Crippen LogP) is 14.7. The molecule has 0 saturated heterocycles. The van der Waals surface area contributed by atoms with Crippen molar-refractivity contribution in [3.05, 3.63) is 218 Å². The van der Waals surface area contributed by atoms with Gasteiger partial charge in [-0.3, -0.25) is 0 Å². The Bertz CT molecular complexity index is 3410. The highest BCUT2D eigenvalue weighted by atomic mass is 15.0. The minimum absolute atomic E-state index is 0.627. The molecule has 0 aliphatic carbocycles. The van der Waals surface area contributed by atoms with E-state index in [0.29, 0.717) is 17.5 Å². The van der Waals surface area contributed by atoms with Gasteiger partial charge in [0, 0.05) is 55.5 Å². The van der Waals surface area contributed by atoms with Crippen LogP contribution in [0.1, 0.15) is 0 Å². The fourth-order valence-electron chi connectivity index (χ4n) is 9.04. The molecule has 0 fully saturated rings. The Labute approximate surface area is 359 Å². The molecule has 9 aromatic carbocycles. The molecule has 1 aliphatic heterocycles. The van der Waals surface area contributed by atoms with Crippen LogP contribution in [-0.2, 0) is 0 Å². The summed E-state index contributed by atoms with van der Waals surface area (Å²) in [5.41, 5.74) is 17.7. The van der Waals surface area contributed by atoms with E-state index in [1.165, 1.54) is 32.9 Å². The van der Waals surface area contributed by atoms with Crippen molar-refractivity contribution in [1.82, 2.24) is 19.5 Å². The zero-order chi connectivity index (χ0) is 41.0. The normalized spacial score (nSPS) is 11.7. The van der Waals surface area contributed by atoms with Gasteiger partial charge in [-0.25, -0.2) is 15.0 Å². The fraction of sp³-hybridized carbons (Fsp3) is 0. The van der Waals surface area contributed by atoms with E-state index in [-0.39, 0.29) is 0 Å². The molecule has 0 amide bonds. The van der Waals surface area contributed by atoms with Crippen molar-refractivity contribution in [3.63, 3.8) is 0 Å². The predicted molar refractivity (Wildman–Crippen MR) is 256 cm³/mol. The molecular formula is C57H37N5. The molecular weight excluding hydrogens is 755 g/mol. The van der Waals surface area contributed by atoms with Crippen LogP contribution < -0.4 is 5.32 Å². The van der Waals surface area contributed by atoms with Crippen molar-refractivity contribution in [3.8, 4) is 84.4 Å². The third-order valence-electron chi connectivity index (χ3n) is 12.0. The van der Waals surface area contributed by atoms with Crippen LogP contribution in [0.15, 0.2) is 218 Å². The molecule has 1 N–H and O–H groups in total. The molecule has 290 valence electrons. The molecule has 12 rings (SSSR count). The van der Waals surface area contributed by atoms with Crippen LogP contribution in [-0.4, -0.2) is 19.5 Å². The van der Waals surface area contributed by atoms with Crippen LogP contribution in [0, 0.1) is 0 Å². The van der Waals surface area contributed by atoms with Gasteiger partial charge in [-0.1, -0.05) is 170 Å². The van der Waals surface area contributed by atoms with Crippen molar-refractivity contribution in [2.45, 2.75) is 0 Å². The van der Waals surface area contributed by atoms with E-state index in [0.717, 1.165) is 67.1 Å². The number of para-hydroxylation sites is 3. The third-order valence-corrected chi connectivity index (χ3v) is 12.0. The number of benzene rings is 9. The fourth-order valence-corrected chi connectivity index (χ4v) is 9.04. The van der Waals surface area contributed by atoms with Gasteiger partial charge in [0.05, 0.1) is 16.7 Å². The van der Waals surface area contributed by atoms with Crippen LogP contribution in [0.4, 0.5) is 11.4 Å². The molecule has 0 bridgehead atoms. The molecule has 0 saturated carbocycles. The van der Waals surface area contributed by atoms with Crippen molar-refractivity contribution >= 4 is 33.2 Å². The number of nitrogens with one attached hydrogen (secondary N) is 1. The maximum absolute atomic E-state index is 5.05. The molecule has 0 atom stereocenters. The number of nitrogens with zero attached hydrogens (tertiary/aromatic N) is 4. The molecule has 5 nitrogen and oxygen atoms in total. The number of anilines is 2. The summed E-state index contributed by atoms with van der Waals surface area (Å²) < 4.78 is 2.36. The summed E-state index contributed by atoms with van der Waals surface area (Å²) in [7, 11) is 0. The van der Waals surface area contributed by atoms with E-state index in [1.54, 1.807) is 0 Å². The summed E-state index contributed by atoms with van der Waals surface area (Å²) in [6.45, 7) is 0. The van der Waals surface area contributed by atoms with Crippen molar-refractivity contribution in [1.29, 1.82) is 0 Å². The van der Waals surface area contributed by atoms with Gasteiger partial charge in [-0.15, -0.1) is 0 Å². The van der Waals surface area contributed by atoms with Gasteiger partial charge in [0.1, 0.15) is 0 Å². The lowest BCUT2D eigenvalue weighted by atomic mass is 9.91. The Balaban J connectivity index is 0.930. The Morgan fingerprint density at radius 3 is 1.53 bits per heavy atom. The first-order valence-electron chi connectivity index (χ1n) is 20.9. The standard InChI is InChI=1S/C57H37N5/c1-4-15-39(16-5-1)55-59-56(40-17-6-2-7-18-40)61-57(60-55)42-31-33-51-49(36-42)46-22-11-10-21-45(46)48-25-14-24-44(54(48)58-51)38-29-27-37(28-30-38)41-32-34-53-50(35-41)47-23-12-13-26-52(47)62(53)43-19-8-3-9-20-43/h1-36,58H. The highest BCUT2D eigenvalue weighted by Crippen LogP contribution is 2.48. The van der Waals surface area contributed by atoms with E-state index in [1.807, 2.05) is 60.7 Å². The first-order valence-corrected chi connectivity index (χ1v) is 20.9. The molecule has 0 spiro atoms. The van der Waals surface area contributed by atoms with E-state index in [2.05, 4.69) is 168 Å². The number of aromatic nitrogens is 4. The van der Waals surface area contributed by atoms with Gasteiger partial charge in [0.2, 0.25) is 0 Å². The number of hydrogen-bond acceptors (Lipinski definition) is 4. The minimum atomic E-state index is 0.627. The first kappa shape index (κ1) is 35.5. The molecule has 5 heteroatoms. The highest BCUT2D eigenvalue weighted by Gasteiger charge is 2.23. The summed E-state index contributed by atoms with van der Waals surface area (Å²) in [5.74, 6) is 1.91. The average molecular weight is 792 g/mol. The van der Waals surface area contributed by atoms with Gasteiger partial charge >= 0.3 is 0 Å². The van der Waals surface area contributed by atoms with E-state index < -0.39 is 0 Å². The molecule has 2 aromatic heterocycles. The maximum Gasteiger partial charge on any atom is 0.164 e. The van der Waals surface area contributed by atoms with Crippen LogP contribution in [0.3, 0.4) is 0 Å². The molecule has 62 heavy (non-hydrogen) atoms. The third kappa shape index (κ3) is 6.06. The summed E-state index contributed by atoms with van der Waals surface area (Å²) in [6.07, 6.45) is 0. The lowest BCUT2D eigenvalue weighted by molar-refractivity contribution is 1.07. The smallest absolute Gasteiger partial charge is 0.164 e. The average Bonchev–Trinajstić information content (AvgIpc) is 3.60. The summed E-state index contributed by atoms with van der Waals surface area (Å²) in [5, 5.41) is 6.41. The van der Waals surface area contributed by atoms with Crippen molar-refractivity contribution < 1.29 is 0 Å². The Kier molecular flexibility index (Phi) is 8.42. The topological polar surface area (TPSA) is 55.6 Å². The van der Waals surface area contributed by atoms with Crippen LogP contribution in [0.5, 0.6) is 0 Å². The summed E-state index contributed by atoms with van der Waals surface area (Å²) >= 11 is 0. The lowest BCUT2D eigenvalue weighted by Crippen LogP contribution is -2.01. The lowest BCUT2D eigenvalue weighted by Gasteiger charge is -2.16. The van der Waals surface area contributed by atoms with Crippen molar-refractivity contribution in [2.24, 2.45) is 0 Å². The number of rotatable bonds is 6. The SMILES string of the molecule is c1ccc(-c2nc(-c3ccccc3)nc(-c3ccc4c(c3)-c3ccccc3-c3cccc(-c5ccc(-c6ccc7c(c6)c6ccccc6n7-c6ccccc6)cc5)c3N4)n2)cc1. The molecule has 3 heterocycles. The zero-order valence-electron chi connectivity index (χ0n) is 33.6. The Morgan fingerprint density at radius 1 is 0.306 bits per heavy atom. The van der Waals surface area contributed by atoms with Gasteiger partial charge in [0.15, 0.2) is 17.5 Å². The minimum Gasteiger partial charge on any atom is -0.354 e. The second kappa shape index (κ2) is 14.7. The van der Waals surface area contributed by atoms with Crippen LogP contribution >= 0.6 is 0 Å². The van der Waals surface area contributed by atoms with E-state index in [9.17, 15) is 0 Å². The highest BCUT2D eigenvalue weighted by molar-refractivity contribution is 6.10. The Hall–Kier alpha value is -8.41. The molecule has 0 radical (unpaired) electrons. The van der Waals surface area contributed by atoms with Crippen LogP contribution in [0.2, 0.25) is 0 Å². The van der Waals surface area contributed by atoms with E-state index >= 15 is 0 Å². The molecule has 0 unspecified atom stereocenters. The first-order chi connectivity index (χ1) is 30.7. The molecule has 1 aliphatic rings. The van der Waals surface area contributed by atoms with Crippen LogP contribution in [0.25, 0.3) is 106 Å². The van der Waals surface area contributed by atoms with Gasteiger partial charge < -0.3 is 9.88 Å². The van der Waals surface area contributed by atoms with Crippen molar-refractivity contribution in [2.75, 3.05) is 5.32 Å². The summed E-state index contributed by atoms with van der Waals surface area (Å²) in [4.78, 5) is 15.0. The summed E-state index contributed by atoms with van der Waals surface area (Å²) in [6, 6.07) is 77.1. The van der Waals surface area contributed by atoms with Gasteiger partial charge in [-0.2, -0.15) is 0 Å². The maximum atomic E-state index is 5.05. The van der Waals surface area contributed by atoms with Gasteiger partial charge in [0.25, 0.3) is 0 Å². The van der Waals surface area contributed by atoms with E-state index in [4.69, 9.17) is 15.0 Å².